The monoisotopic (exact) mass is 429 g/mol. The third kappa shape index (κ3) is 10.5. The average Bonchev–Trinajstić information content (AvgIpc) is 2.74. The predicted molar refractivity (Wildman–Crippen MR) is 104 cm³/mol. The van der Waals surface area contributed by atoms with Gasteiger partial charge in [-0.25, -0.2) is 4.79 Å². The van der Waals surface area contributed by atoms with E-state index in [4.69, 9.17) is 24.4 Å². The number of hydrogen-bond acceptors (Lipinski definition) is 9. The number of benzene rings is 1. The highest BCUT2D eigenvalue weighted by Gasteiger charge is 2.14. The molecule has 0 heterocycles. The van der Waals surface area contributed by atoms with Gasteiger partial charge in [-0.1, -0.05) is 0 Å². The van der Waals surface area contributed by atoms with Gasteiger partial charge >= 0.3 is 6.09 Å². The summed E-state index contributed by atoms with van der Waals surface area (Å²) < 4.78 is 15.1. The maximum absolute atomic E-state index is 11.7. The number of nitro groups is 1. The minimum absolute atomic E-state index is 0.0596. The summed E-state index contributed by atoms with van der Waals surface area (Å²) in [4.78, 5) is 33.4. The first-order chi connectivity index (χ1) is 14.5. The summed E-state index contributed by atoms with van der Waals surface area (Å²) >= 11 is 0. The minimum Gasteiger partial charge on any atom is -0.493 e. The molecule has 30 heavy (non-hydrogen) atoms. The molecule has 0 spiro atoms. The second-order valence-corrected chi connectivity index (χ2v) is 5.91. The van der Waals surface area contributed by atoms with Crippen LogP contribution in [0.3, 0.4) is 0 Å². The van der Waals surface area contributed by atoms with Crippen LogP contribution in [0.5, 0.6) is 5.75 Å². The third-order valence-corrected chi connectivity index (χ3v) is 3.65. The molecule has 1 rings (SSSR count). The van der Waals surface area contributed by atoms with Crippen LogP contribution in [0.2, 0.25) is 0 Å². The third-order valence-electron chi connectivity index (χ3n) is 3.65. The molecular formula is C18H27N3O9. The maximum Gasteiger partial charge on any atom is 0.407 e. The van der Waals surface area contributed by atoms with Gasteiger partial charge in [-0.05, 0) is 18.6 Å². The van der Waals surface area contributed by atoms with Crippen molar-refractivity contribution in [2.24, 2.45) is 0 Å². The molecule has 1 aromatic rings. The van der Waals surface area contributed by atoms with E-state index in [1.165, 1.54) is 18.2 Å². The smallest absolute Gasteiger partial charge is 0.407 e. The molecule has 0 aliphatic heterocycles. The Morgan fingerprint density at radius 3 is 2.53 bits per heavy atom. The average molecular weight is 429 g/mol. The van der Waals surface area contributed by atoms with Gasteiger partial charge in [0.2, 0.25) is 5.91 Å². The highest BCUT2D eigenvalue weighted by atomic mass is 16.6. The van der Waals surface area contributed by atoms with E-state index >= 15 is 0 Å². The molecule has 1 aromatic carbocycles. The first-order valence-electron chi connectivity index (χ1n) is 9.34. The van der Waals surface area contributed by atoms with Gasteiger partial charge in [0.15, 0.2) is 0 Å². The standard InChI is InChI=1S/C18H27N3O9/c22-7-9-28-10-11-30-18(25)20-6-5-19-17(24)2-1-8-29-15-4-3-14(13-23)16(12-15)21(26)27/h3-4,12,22-23H,1-2,5-11,13H2,(H,19,24)(H,20,25). The molecule has 12 heteroatoms. The normalized spacial score (nSPS) is 10.3. The van der Waals surface area contributed by atoms with E-state index in [-0.39, 0.29) is 75.5 Å². The van der Waals surface area contributed by atoms with Crippen molar-refractivity contribution in [2.75, 3.05) is 46.1 Å². The predicted octanol–water partition coefficient (Wildman–Crippen LogP) is 0.0974. The molecule has 0 aliphatic rings. The van der Waals surface area contributed by atoms with Crippen molar-refractivity contribution in [3.8, 4) is 5.75 Å². The maximum atomic E-state index is 11.7. The molecule has 0 saturated carbocycles. The van der Waals surface area contributed by atoms with E-state index in [9.17, 15) is 19.7 Å². The zero-order valence-electron chi connectivity index (χ0n) is 16.5. The molecule has 0 bridgehead atoms. The van der Waals surface area contributed by atoms with Crippen LogP contribution in [0.15, 0.2) is 18.2 Å². The number of amides is 2. The summed E-state index contributed by atoms with van der Waals surface area (Å²) in [7, 11) is 0. The van der Waals surface area contributed by atoms with Crippen molar-refractivity contribution in [3.63, 3.8) is 0 Å². The number of carbonyl (C=O) groups excluding carboxylic acids is 2. The molecule has 2 amide bonds. The van der Waals surface area contributed by atoms with Crippen molar-refractivity contribution >= 4 is 17.7 Å². The van der Waals surface area contributed by atoms with Gasteiger partial charge in [0, 0.05) is 19.5 Å². The summed E-state index contributed by atoms with van der Waals surface area (Å²) in [6, 6.07) is 4.16. The van der Waals surface area contributed by atoms with E-state index < -0.39 is 17.6 Å². The van der Waals surface area contributed by atoms with E-state index in [2.05, 4.69) is 10.6 Å². The number of nitro benzene ring substituents is 1. The van der Waals surface area contributed by atoms with Crippen molar-refractivity contribution in [1.82, 2.24) is 10.6 Å². The van der Waals surface area contributed by atoms with Gasteiger partial charge < -0.3 is 35.1 Å². The molecule has 4 N–H and O–H groups in total. The van der Waals surface area contributed by atoms with Crippen LogP contribution in [0, 0.1) is 10.1 Å². The lowest BCUT2D eigenvalue weighted by molar-refractivity contribution is -0.385. The number of carbonyl (C=O) groups is 2. The fourth-order valence-corrected chi connectivity index (χ4v) is 2.23. The van der Waals surface area contributed by atoms with Gasteiger partial charge in [-0.2, -0.15) is 0 Å². The number of rotatable bonds is 15. The van der Waals surface area contributed by atoms with Gasteiger partial charge in [-0.3, -0.25) is 14.9 Å². The fraction of sp³-hybridized carbons (Fsp3) is 0.556. The minimum atomic E-state index is -0.633. The number of aliphatic hydroxyl groups excluding tert-OH is 2. The number of ether oxygens (including phenoxy) is 3. The summed E-state index contributed by atoms with van der Waals surface area (Å²) in [5.41, 5.74) is -0.0318. The molecule has 0 radical (unpaired) electrons. The van der Waals surface area contributed by atoms with Crippen molar-refractivity contribution in [3.05, 3.63) is 33.9 Å². The van der Waals surface area contributed by atoms with E-state index in [1.54, 1.807) is 0 Å². The second kappa shape index (κ2) is 15.0. The number of hydrogen-bond donors (Lipinski definition) is 4. The largest absolute Gasteiger partial charge is 0.493 e. The van der Waals surface area contributed by atoms with Crippen LogP contribution >= 0.6 is 0 Å². The van der Waals surface area contributed by atoms with Gasteiger partial charge in [0.25, 0.3) is 5.69 Å². The molecule has 12 nitrogen and oxygen atoms in total. The zero-order chi connectivity index (χ0) is 22.2. The Hall–Kier alpha value is -2.96. The van der Waals surface area contributed by atoms with Crippen LogP contribution < -0.4 is 15.4 Å². The van der Waals surface area contributed by atoms with Crippen LogP contribution in [0.1, 0.15) is 18.4 Å². The van der Waals surface area contributed by atoms with Crippen LogP contribution in [0.4, 0.5) is 10.5 Å². The molecule has 0 fully saturated rings. The van der Waals surface area contributed by atoms with E-state index in [1.807, 2.05) is 0 Å². The quantitative estimate of drug-likeness (QED) is 0.171. The molecule has 168 valence electrons. The second-order valence-electron chi connectivity index (χ2n) is 5.91. The van der Waals surface area contributed by atoms with E-state index in [0.29, 0.717) is 6.42 Å². The highest BCUT2D eigenvalue weighted by Crippen LogP contribution is 2.24. The number of aliphatic hydroxyl groups is 2. The highest BCUT2D eigenvalue weighted by molar-refractivity contribution is 5.75. The van der Waals surface area contributed by atoms with Crippen molar-refractivity contribution < 1.29 is 38.9 Å². The SMILES string of the molecule is O=C(CCCOc1ccc(CO)c([N+](=O)[O-])c1)NCCNC(=O)OCCOCCO. The number of nitrogens with one attached hydrogen (secondary N) is 2. The molecule has 0 aromatic heterocycles. The first-order valence-corrected chi connectivity index (χ1v) is 9.34. The summed E-state index contributed by atoms with van der Waals surface area (Å²) in [5, 5.41) is 33.6. The Kier molecular flexibility index (Phi) is 12.5. The molecule has 0 saturated heterocycles. The number of nitrogens with zero attached hydrogens (tertiary/aromatic N) is 1. The Morgan fingerprint density at radius 1 is 1.07 bits per heavy atom. The van der Waals surface area contributed by atoms with E-state index in [0.717, 1.165) is 0 Å². The van der Waals surface area contributed by atoms with Gasteiger partial charge in [-0.15, -0.1) is 0 Å². The molecular weight excluding hydrogens is 402 g/mol. The summed E-state index contributed by atoms with van der Waals surface area (Å²) in [6.07, 6.45) is -0.0553. The lowest BCUT2D eigenvalue weighted by Crippen LogP contribution is -2.35. The lowest BCUT2D eigenvalue weighted by atomic mass is 10.2. The Bertz CT molecular complexity index is 685. The van der Waals surface area contributed by atoms with Crippen LogP contribution in [-0.2, 0) is 20.9 Å². The van der Waals surface area contributed by atoms with Crippen LogP contribution in [-0.4, -0.2) is 73.3 Å². The van der Waals surface area contributed by atoms with Crippen molar-refractivity contribution in [1.29, 1.82) is 0 Å². The van der Waals surface area contributed by atoms with Crippen LogP contribution in [0.25, 0.3) is 0 Å². The van der Waals surface area contributed by atoms with Crippen molar-refractivity contribution in [2.45, 2.75) is 19.4 Å². The molecule has 0 aliphatic carbocycles. The summed E-state index contributed by atoms with van der Waals surface area (Å²) in [5.74, 6) is 0.0524. The Balaban J connectivity index is 2.12. The lowest BCUT2D eigenvalue weighted by Gasteiger charge is -2.09. The van der Waals surface area contributed by atoms with Gasteiger partial charge in [0.1, 0.15) is 12.4 Å². The summed E-state index contributed by atoms with van der Waals surface area (Å²) in [6.45, 7) is 0.491. The zero-order valence-corrected chi connectivity index (χ0v) is 16.5. The number of alkyl carbamates (subject to hydrolysis) is 1. The Labute approximate surface area is 173 Å². The molecule has 0 atom stereocenters. The topological polar surface area (TPSA) is 169 Å². The molecule has 0 unspecified atom stereocenters. The van der Waals surface area contributed by atoms with Gasteiger partial charge in [0.05, 0.1) is 49.6 Å². The first kappa shape index (κ1) is 25.1. The fourth-order valence-electron chi connectivity index (χ4n) is 2.23. The Morgan fingerprint density at radius 2 is 1.83 bits per heavy atom.